The number of aryl methyl sites for hydroxylation is 1. The minimum atomic E-state index is -0.143. The molecule has 0 aliphatic rings. The molecule has 0 radical (unpaired) electrons. The van der Waals surface area contributed by atoms with Gasteiger partial charge in [0.2, 0.25) is 17.6 Å². The normalized spacial score (nSPS) is 10.8. The van der Waals surface area contributed by atoms with E-state index in [1.54, 1.807) is 18.2 Å². The molecule has 0 saturated heterocycles. The van der Waals surface area contributed by atoms with Crippen LogP contribution in [-0.2, 0) is 11.2 Å². The third kappa shape index (κ3) is 4.13. The Hall–Kier alpha value is -3.38. The molecule has 4 aromatic rings. The number of amides is 1. The largest absolute Gasteiger partial charge is 0.339 e. The zero-order valence-corrected chi connectivity index (χ0v) is 15.6. The molecule has 4 rings (SSSR count). The molecular weight excluding hydrogens is 376 g/mol. The Labute approximate surface area is 166 Å². The smallest absolute Gasteiger partial charge is 0.227 e. The summed E-state index contributed by atoms with van der Waals surface area (Å²) in [5.41, 5.74) is 2.36. The number of nitrogens with one attached hydrogen (secondary N) is 1. The number of carbonyl (C=O) groups excluding carboxylic acids is 1. The lowest BCUT2D eigenvalue weighted by Gasteiger charge is -2.12. The van der Waals surface area contributed by atoms with Gasteiger partial charge in [-0.15, -0.1) is 0 Å². The van der Waals surface area contributed by atoms with Crippen molar-refractivity contribution in [2.24, 2.45) is 0 Å². The number of anilines is 1. The molecule has 0 fully saturated rings. The summed E-state index contributed by atoms with van der Waals surface area (Å²) in [5.74, 6) is 0.800. The third-order valence-electron chi connectivity index (χ3n) is 4.18. The zero-order valence-electron chi connectivity index (χ0n) is 14.9. The molecule has 1 amide bonds. The molecule has 6 nitrogen and oxygen atoms in total. The quantitative estimate of drug-likeness (QED) is 0.513. The van der Waals surface area contributed by atoms with E-state index in [4.69, 9.17) is 16.1 Å². The molecule has 0 aliphatic heterocycles. The maximum atomic E-state index is 12.4. The number of rotatable bonds is 6. The fourth-order valence-corrected chi connectivity index (χ4v) is 2.98. The van der Waals surface area contributed by atoms with E-state index in [2.05, 4.69) is 15.5 Å². The second kappa shape index (κ2) is 8.10. The van der Waals surface area contributed by atoms with E-state index in [0.29, 0.717) is 28.8 Å². The summed E-state index contributed by atoms with van der Waals surface area (Å²) in [6.07, 6.45) is 4.37. The molecule has 2 aromatic carbocycles. The Kier molecular flexibility index (Phi) is 5.21. The van der Waals surface area contributed by atoms with E-state index < -0.39 is 0 Å². The summed E-state index contributed by atoms with van der Waals surface area (Å²) in [6, 6.07) is 18.7. The van der Waals surface area contributed by atoms with E-state index in [0.717, 1.165) is 11.3 Å². The van der Waals surface area contributed by atoms with Crippen LogP contribution in [0, 0.1) is 0 Å². The van der Waals surface area contributed by atoms with Crippen LogP contribution in [0.25, 0.3) is 17.1 Å². The summed E-state index contributed by atoms with van der Waals surface area (Å²) in [7, 11) is 0. The first-order valence-corrected chi connectivity index (χ1v) is 9.17. The number of halogens is 1. The van der Waals surface area contributed by atoms with Gasteiger partial charge >= 0.3 is 0 Å². The van der Waals surface area contributed by atoms with E-state index in [-0.39, 0.29) is 12.3 Å². The van der Waals surface area contributed by atoms with Gasteiger partial charge in [0.05, 0.1) is 11.4 Å². The number of nitrogens with zero attached hydrogens (tertiary/aromatic N) is 3. The molecule has 0 spiro atoms. The van der Waals surface area contributed by atoms with Crippen molar-refractivity contribution in [2.75, 3.05) is 5.32 Å². The van der Waals surface area contributed by atoms with Gasteiger partial charge in [0, 0.05) is 35.8 Å². The van der Waals surface area contributed by atoms with Crippen molar-refractivity contribution in [3.05, 3.63) is 84.0 Å². The molecule has 140 valence electrons. The highest BCUT2D eigenvalue weighted by Gasteiger charge is 2.12. The Morgan fingerprint density at radius 3 is 2.64 bits per heavy atom. The van der Waals surface area contributed by atoms with Gasteiger partial charge in [0.1, 0.15) is 0 Å². The van der Waals surface area contributed by atoms with Gasteiger partial charge in [-0.05, 0) is 30.3 Å². The standard InChI is InChI=1S/C21H17ClN4O2/c22-16-8-9-17(18(14-16)26-12-4-5-13-26)23-19(27)10-11-20-24-21(25-28-20)15-6-2-1-3-7-15/h1-9,12-14H,10-11H2,(H,23,27). The number of carbonyl (C=O) groups is 1. The van der Waals surface area contributed by atoms with Gasteiger partial charge in [-0.1, -0.05) is 47.1 Å². The van der Waals surface area contributed by atoms with Crippen molar-refractivity contribution in [2.45, 2.75) is 12.8 Å². The SMILES string of the molecule is O=C(CCc1nc(-c2ccccc2)no1)Nc1ccc(Cl)cc1-n1cccc1. The highest BCUT2D eigenvalue weighted by atomic mass is 35.5. The van der Waals surface area contributed by atoms with Crippen molar-refractivity contribution in [1.29, 1.82) is 0 Å². The number of aromatic nitrogens is 3. The van der Waals surface area contributed by atoms with E-state index >= 15 is 0 Å². The first-order valence-electron chi connectivity index (χ1n) is 8.80. The molecule has 2 heterocycles. The van der Waals surface area contributed by atoms with E-state index in [9.17, 15) is 4.79 Å². The predicted molar refractivity (Wildman–Crippen MR) is 107 cm³/mol. The first kappa shape index (κ1) is 18.0. The summed E-state index contributed by atoms with van der Waals surface area (Å²) in [5, 5.41) is 7.49. The molecule has 2 aromatic heterocycles. The van der Waals surface area contributed by atoms with Crippen LogP contribution in [0.5, 0.6) is 0 Å². The molecule has 7 heteroatoms. The maximum Gasteiger partial charge on any atom is 0.227 e. The molecule has 0 saturated carbocycles. The maximum absolute atomic E-state index is 12.4. The minimum absolute atomic E-state index is 0.143. The highest BCUT2D eigenvalue weighted by Crippen LogP contribution is 2.25. The van der Waals surface area contributed by atoms with Gasteiger partial charge in [-0.2, -0.15) is 4.98 Å². The molecule has 0 aliphatic carbocycles. The van der Waals surface area contributed by atoms with E-state index in [1.807, 2.05) is 59.4 Å². The van der Waals surface area contributed by atoms with Crippen LogP contribution in [0.4, 0.5) is 5.69 Å². The average Bonchev–Trinajstić information content (AvgIpc) is 3.41. The lowest BCUT2D eigenvalue weighted by Crippen LogP contribution is -2.14. The first-order chi connectivity index (χ1) is 13.7. The summed E-state index contributed by atoms with van der Waals surface area (Å²) >= 11 is 6.11. The highest BCUT2D eigenvalue weighted by molar-refractivity contribution is 6.30. The van der Waals surface area contributed by atoms with Gasteiger partial charge in [-0.25, -0.2) is 0 Å². The van der Waals surface area contributed by atoms with Crippen LogP contribution in [0.1, 0.15) is 12.3 Å². The second-order valence-corrected chi connectivity index (χ2v) is 6.61. The van der Waals surface area contributed by atoms with Crippen LogP contribution >= 0.6 is 11.6 Å². The predicted octanol–water partition coefficient (Wildman–Crippen LogP) is 4.75. The lowest BCUT2D eigenvalue weighted by molar-refractivity contribution is -0.116. The van der Waals surface area contributed by atoms with E-state index in [1.165, 1.54) is 0 Å². The number of hydrogen-bond donors (Lipinski definition) is 1. The van der Waals surface area contributed by atoms with Gasteiger partial charge in [0.15, 0.2) is 0 Å². The summed E-state index contributed by atoms with van der Waals surface area (Å²) in [6.45, 7) is 0. The van der Waals surface area contributed by atoms with Crippen molar-refractivity contribution < 1.29 is 9.32 Å². The van der Waals surface area contributed by atoms with Crippen molar-refractivity contribution >= 4 is 23.2 Å². The van der Waals surface area contributed by atoms with Crippen LogP contribution < -0.4 is 5.32 Å². The molecule has 0 atom stereocenters. The molecule has 0 bridgehead atoms. The van der Waals surface area contributed by atoms with Crippen LogP contribution in [0.15, 0.2) is 77.6 Å². The minimum Gasteiger partial charge on any atom is -0.339 e. The summed E-state index contributed by atoms with van der Waals surface area (Å²) in [4.78, 5) is 16.8. The number of hydrogen-bond acceptors (Lipinski definition) is 4. The number of benzene rings is 2. The molecule has 0 unspecified atom stereocenters. The van der Waals surface area contributed by atoms with Crippen LogP contribution in [0.2, 0.25) is 5.02 Å². The molecular formula is C21H17ClN4O2. The molecule has 28 heavy (non-hydrogen) atoms. The van der Waals surface area contributed by atoms with Crippen LogP contribution in [0.3, 0.4) is 0 Å². The molecule has 1 N–H and O–H groups in total. The second-order valence-electron chi connectivity index (χ2n) is 6.18. The van der Waals surface area contributed by atoms with Crippen molar-refractivity contribution in [3.63, 3.8) is 0 Å². The third-order valence-corrected chi connectivity index (χ3v) is 4.42. The Morgan fingerprint density at radius 2 is 1.86 bits per heavy atom. The Bertz CT molecular complexity index is 1080. The van der Waals surface area contributed by atoms with Gasteiger partial charge in [0.25, 0.3) is 0 Å². The zero-order chi connectivity index (χ0) is 19.3. The fraction of sp³-hybridized carbons (Fsp3) is 0.0952. The lowest BCUT2D eigenvalue weighted by atomic mass is 10.2. The van der Waals surface area contributed by atoms with Gasteiger partial charge < -0.3 is 14.4 Å². The summed E-state index contributed by atoms with van der Waals surface area (Å²) < 4.78 is 7.15. The average molecular weight is 393 g/mol. The van der Waals surface area contributed by atoms with Crippen molar-refractivity contribution in [3.8, 4) is 17.1 Å². The van der Waals surface area contributed by atoms with Crippen molar-refractivity contribution in [1.82, 2.24) is 14.7 Å². The fourth-order valence-electron chi connectivity index (χ4n) is 2.81. The topological polar surface area (TPSA) is 72.9 Å². The van der Waals surface area contributed by atoms with Crippen LogP contribution in [-0.4, -0.2) is 20.6 Å². The Morgan fingerprint density at radius 1 is 1.07 bits per heavy atom. The van der Waals surface area contributed by atoms with Gasteiger partial charge in [-0.3, -0.25) is 4.79 Å². The monoisotopic (exact) mass is 392 g/mol. The Balaban J connectivity index is 1.41.